The van der Waals surface area contributed by atoms with E-state index in [2.05, 4.69) is 19.1 Å². The van der Waals surface area contributed by atoms with Crippen LogP contribution in [0.15, 0.2) is 12.2 Å². The fraction of sp³-hybridized carbons (Fsp3) is 0.769. The number of esters is 1. The molecule has 0 saturated heterocycles. The Kier molecular flexibility index (Phi) is 7.19. The lowest BCUT2D eigenvalue weighted by Gasteiger charge is -2.22. The summed E-state index contributed by atoms with van der Waals surface area (Å²) in [5, 5.41) is 0. The molecule has 0 aromatic heterocycles. The highest BCUT2D eigenvalue weighted by Crippen LogP contribution is 2.13. The Labute approximate surface area is 101 Å². The second kappa shape index (κ2) is 7.53. The number of carbonyl (C=O) groups is 1. The molecule has 1 atom stereocenters. The molecule has 16 heavy (non-hydrogen) atoms. The van der Waals surface area contributed by atoms with Gasteiger partial charge in [-0.15, -0.1) is 0 Å². The zero-order valence-corrected chi connectivity index (χ0v) is 11.4. The van der Waals surface area contributed by atoms with Crippen molar-refractivity contribution in [2.75, 3.05) is 0 Å². The van der Waals surface area contributed by atoms with E-state index in [1.807, 2.05) is 27.7 Å². The average molecular weight is 224 g/mol. The van der Waals surface area contributed by atoms with Gasteiger partial charge in [0.15, 0.2) is 0 Å². The summed E-state index contributed by atoms with van der Waals surface area (Å²) in [5.41, 5.74) is -0.368. The van der Waals surface area contributed by atoms with Crippen LogP contribution in [-0.2, 0) is 9.53 Å². The van der Waals surface area contributed by atoms with Gasteiger partial charge in [-0.1, -0.05) is 38.6 Å². The molecule has 0 aromatic rings. The van der Waals surface area contributed by atoms with E-state index in [1.165, 1.54) is 0 Å². The van der Waals surface area contributed by atoms with Crippen LogP contribution in [-0.4, -0.2) is 18.8 Å². The van der Waals surface area contributed by atoms with Crippen LogP contribution < -0.4 is 0 Å². The summed E-state index contributed by atoms with van der Waals surface area (Å²) in [6, 6.07) is 0. The van der Waals surface area contributed by atoms with Gasteiger partial charge in [0, 0.05) is 5.92 Å². The molecular weight excluding hydrogens is 199 g/mol. The maximum Gasteiger partial charge on any atom is 0.308 e. The fourth-order valence-corrected chi connectivity index (χ4v) is 1.35. The van der Waals surface area contributed by atoms with E-state index in [0.717, 1.165) is 26.3 Å². The highest BCUT2D eigenvalue weighted by atomic mass is 16.6. The first-order chi connectivity index (χ1) is 7.37. The summed E-state index contributed by atoms with van der Waals surface area (Å²) in [7, 11) is 1.05. The molecule has 0 fully saturated rings. The molecule has 0 bridgehead atoms. The van der Waals surface area contributed by atoms with Crippen molar-refractivity contribution < 1.29 is 9.53 Å². The van der Waals surface area contributed by atoms with Crippen molar-refractivity contribution in [1.82, 2.24) is 0 Å². The van der Waals surface area contributed by atoms with Crippen molar-refractivity contribution in [2.45, 2.75) is 59.3 Å². The Balaban J connectivity index is 3.76. The highest BCUT2D eigenvalue weighted by Gasteiger charge is 2.21. The summed E-state index contributed by atoms with van der Waals surface area (Å²) in [6.45, 7) is 9.78. The Hall–Kier alpha value is -0.725. The smallest absolute Gasteiger partial charge is 0.308 e. The molecule has 0 N–H and O–H groups in total. The van der Waals surface area contributed by atoms with E-state index in [-0.39, 0.29) is 17.5 Å². The van der Waals surface area contributed by atoms with E-state index >= 15 is 0 Å². The lowest BCUT2D eigenvalue weighted by molar-refractivity contribution is -0.158. The molecule has 0 rings (SSSR count). The first-order valence-corrected chi connectivity index (χ1v) is 6.24. The van der Waals surface area contributed by atoms with Crippen LogP contribution in [0.5, 0.6) is 0 Å². The molecule has 0 amide bonds. The predicted molar refractivity (Wildman–Crippen MR) is 71.2 cm³/mol. The molecule has 0 radical (unpaired) electrons. The first kappa shape index (κ1) is 15.3. The van der Waals surface area contributed by atoms with Crippen LogP contribution in [0.3, 0.4) is 0 Å². The van der Waals surface area contributed by atoms with Gasteiger partial charge in [0.25, 0.3) is 0 Å². The van der Waals surface area contributed by atoms with Crippen molar-refractivity contribution in [2.24, 2.45) is 5.92 Å². The molecular formula is C13H25BO2. The lowest BCUT2D eigenvalue weighted by Crippen LogP contribution is -2.28. The minimum absolute atomic E-state index is 0.00857. The third-order valence-electron chi connectivity index (χ3n) is 2.22. The van der Waals surface area contributed by atoms with E-state index < -0.39 is 0 Å². The van der Waals surface area contributed by atoms with Crippen molar-refractivity contribution in [3.8, 4) is 0 Å². The van der Waals surface area contributed by atoms with Gasteiger partial charge in [-0.2, -0.15) is 0 Å². The third-order valence-corrected chi connectivity index (χ3v) is 2.22. The quantitative estimate of drug-likeness (QED) is 0.299. The zero-order chi connectivity index (χ0) is 12.6. The van der Waals surface area contributed by atoms with Gasteiger partial charge >= 0.3 is 5.97 Å². The number of allylic oxidation sites excluding steroid dienone is 2. The molecule has 0 saturated carbocycles. The Morgan fingerprint density at radius 1 is 1.38 bits per heavy atom. The molecule has 0 heterocycles. The van der Waals surface area contributed by atoms with Crippen LogP contribution in [0.2, 0.25) is 12.6 Å². The van der Waals surface area contributed by atoms with Crippen molar-refractivity contribution in [1.29, 1.82) is 0 Å². The first-order valence-electron chi connectivity index (χ1n) is 6.24. The Morgan fingerprint density at radius 2 is 2.00 bits per heavy atom. The van der Waals surface area contributed by atoms with Crippen LogP contribution in [0, 0.1) is 5.92 Å². The highest BCUT2D eigenvalue weighted by molar-refractivity contribution is 6.36. The van der Waals surface area contributed by atoms with Crippen LogP contribution in [0.1, 0.15) is 41.0 Å². The molecule has 2 nitrogen and oxygen atoms in total. The summed E-state index contributed by atoms with van der Waals surface area (Å²) < 4.78 is 5.32. The second-order valence-corrected chi connectivity index (χ2v) is 5.25. The van der Waals surface area contributed by atoms with Gasteiger partial charge in [-0.3, -0.25) is 4.79 Å². The number of rotatable bonds is 6. The SMILES string of the molecule is CC/C=C/CBCC(C)C(=O)OC(C)(C)C. The average Bonchev–Trinajstić information content (AvgIpc) is 2.14. The molecule has 92 valence electrons. The maximum atomic E-state index is 11.6. The molecule has 0 aliphatic rings. The maximum absolute atomic E-state index is 11.6. The molecule has 1 unspecified atom stereocenters. The van der Waals surface area contributed by atoms with E-state index in [9.17, 15) is 4.79 Å². The number of hydrogen-bond acceptors (Lipinski definition) is 2. The van der Waals surface area contributed by atoms with E-state index in [4.69, 9.17) is 4.74 Å². The molecule has 0 aliphatic heterocycles. The summed E-state index contributed by atoms with van der Waals surface area (Å²) in [4.78, 5) is 11.6. The predicted octanol–water partition coefficient (Wildman–Crippen LogP) is 3.20. The topological polar surface area (TPSA) is 26.3 Å². The molecule has 0 spiro atoms. The van der Waals surface area contributed by atoms with Gasteiger partial charge in [0.1, 0.15) is 12.9 Å². The zero-order valence-electron chi connectivity index (χ0n) is 11.4. The van der Waals surface area contributed by atoms with Gasteiger partial charge in [-0.25, -0.2) is 0 Å². The number of hydrogen-bond donors (Lipinski definition) is 0. The van der Waals surface area contributed by atoms with Gasteiger partial charge in [-0.05, 0) is 27.2 Å². The van der Waals surface area contributed by atoms with Crippen LogP contribution in [0.4, 0.5) is 0 Å². The fourth-order valence-electron chi connectivity index (χ4n) is 1.35. The van der Waals surface area contributed by atoms with Crippen LogP contribution in [0.25, 0.3) is 0 Å². The monoisotopic (exact) mass is 224 g/mol. The lowest BCUT2D eigenvalue weighted by atomic mass is 9.67. The molecule has 0 aliphatic carbocycles. The van der Waals surface area contributed by atoms with Gasteiger partial charge in [0.05, 0.1) is 0 Å². The second-order valence-electron chi connectivity index (χ2n) is 5.25. The molecule has 0 aromatic carbocycles. The standard InChI is InChI=1S/C13H25BO2/c1-6-7-8-9-14-10-11(2)12(15)16-13(3,4)5/h7-8,11,14H,6,9-10H2,1-5H3/b8-7+. The van der Waals surface area contributed by atoms with Gasteiger partial charge in [0.2, 0.25) is 0 Å². The number of ether oxygens (including phenoxy) is 1. The normalized spacial score (nSPS) is 13.8. The Morgan fingerprint density at radius 3 is 2.50 bits per heavy atom. The Bertz CT molecular complexity index is 229. The number of carbonyl (C=O) groups excluding carboxylic acids is 1. The van der Waals surface area contributed by atoms with Crippen molar-refractivity contribution >= 4 is 13.2 Å². The minimum atomic E-state index is -0.368. The largest absolute Gasteiger partial charge is 0.460 e. The summed E-state index contributed by atoms with van der Waals surface area (Å²) in [6.07, 6.45) is 7.39. The van der Waals surface area contributed by atoms with Gasteiger partial charge < -0.3 is 4.74 Å². The van der Waals surface area contributed by atoms with Crippen molar-refractivity contribution in [3.05, 3.63) is 12.2 Å². The van der Waals surface area contributed by atoms with Crippen molar-refractivity contribution in [3.63, 3.8) is 0 Å². The minimum Gasteiger partial charge on any atom is -0.460 e. The van der Waals surface area contributed by atoms with Crippen LogP contribution >= 0.6 is 0 Å². The summed E-state index contributed by atoms with van der Waals surface area (Å²) >= 11 is 0. The summed E-state index contributed by atoms with van der Waals surface area (Å²) in [5.74, 6) is -0.0683. The molecule has 3 heteroatoms. The van der Waals surface area contributed by atoms with E-state index in [0.29, 0.717) is 0 Å². The third kappa shape index (κ3) is 8.57. The van der Waals surface area contributed by atoms with E-state index in [1.54, 1.807) is 0 Å².